The Balaban J connectivity index is 0.000000307. The van der Waals surface area contributed by atoms with E-state index in [4.69, 9.17) is 0 Å². The molecule has 0 atom stereocenters. The average Bonchev–Trinajstić information content (AvgIpc) is 3.34. The fourth-order valence-electron chi connectivity index (χ4n) is 2.47. The minimum absolute atomic E-state index is 0.0243. The van der Waals surface area contributed by atoms with Gasteiger partial charge in [-0.25, -0.2) is 0 Å². The van der Waals surface area contributed by atoms with E-state index in [-0.39, 0.29) is 17.1 Å². The van der Waals surface area contributed by atoms with Crippen LogP contribution in [0.25, 0.3) is 0 Å². The average molecular weight is 363 g/mol. The van der Waals surface area contributed by atoms with E-state index < -0.39 is 11.7 Å². The third-order valence-corrected chi connectivity index (χ3v) is 5.77. The molecule has 0 aromatic heterocycles. The lowest BCUT2D eigenvalue weighted by Gasteiger charge is -2.24. The summed E-state index contributed by atoms with van der Waals surface area (Å²) in [5.41, 5.74) is -0.669. The van der Waals surface area contributed by atoms with Crippen molar-refractivity contribution in [3.05, 3.63) is 23.6 Å². The van der Waals surface area contributed by atoms with Crippen molar-refractivity contribution in [1.82, 2.24) is 5.32 Å². The zero-order chi connectivity index (χ0) is 18.2. The summed E-state index contributed by atoms with van der Waals surface area (Å²) < 4.78 is 33.9. The number of allylic oxidation sites excluding steroid dienone is 2. The second-order valence-corrected chi connectivity index (χ2v) is 7.63. The number of alkyl halides is 3. The van der Waals surface area contributed by atoms with Crippen LogP contribution in [0.4, 0.5) is 13.2 Å². The van der Waals surface area contributed by atoms with E-state index in [1.165, 1.54) is 39.0 Å². The number of carbonyl (C=O) groups is 1. The third-order valence-electron chi connectivity index (χ3n) is 4.32. The van der Waals surface area contributed by atoms with Gasteiger partial charge in [0, 0.05) is 11.6 Å². The molecule has 6 heteroatoms. The van der Waals surface area contributed by atoms with Crippen molar-refractivity contribution < 1.29 is 18.0 Å². The molecule has 0 unspecified atom stereocenters. The molecule has 0 bridgehead atoms. The highest BCUT2D eigenvalue weighted by molar-refractivity contribution is 8.04. The van der Waals surface area contributed by atoms with Crippen LogP contribution in [0.3, 0.4) is 0 Å². The Labute approximate surface area is 147 Å². The van der Waals surface area contributed by atoms with Crippen LogP contribution >= 0.6 is 11.8 Å². The fourth-order valence-corrected chi connectivity index (χ4v) is 3.37. The Bertz CT molecular complexity index is 450. The molecule has 2 saturated carbocycles. The van der Waals surface area contributed by atoms with Gasteiger partial charge in [0.1, 0.15) is 0 Å². The van der Waals surface area contributed by atoms with Crippen molar-refractivity contribution in [3.8, 4) is 0 Å². The quantitative estimate of drug-likeness (QED) is 0.630. The molecule has 24 heavy (non-hydrogen) atoms. The summed E-state index contributed by atoms with van der Waals surface area (Å²) in [7, 11) is 0. The maximum atomic E-state index is 12.1. The first-order valence-electron chi connectivity index (χ1n) is 8.60. The van der Waals surface area contributed by atoms with Crippen LogP contribution in [0.2, 0.25) is 0 Å². The SMILES string of the molecule is C/C=C/SC1(C(=O)NC2CCCCC2)CC1.C=C(CC)C(F)(F)F. The standard InChI is InChI=1S/C13H21NOS.C5H7F3/c1-2-10-16-13(8-9-13)12(15)14-11-6-4-3-5-7-11;1-3-4(2)5(6,7)8/h2,10-11H,3-9H2,1H3,(H,14,15);2-3H2,1H3/b10-2+;. The summed E-state index contributed by atoms with van der Waals surface area (Å²) in [4.78, 5) is 12.1. The van der Waals surface area contributed by atoms with Crippen LogP contribution in [0.15, 0.2) is 23.6 Å². The lowest BCUT2D eigenvalue weighted by atomic mass is 9.95. The Morgan fingerprint density at radius 3 is 2.25 bits per heavy atom. The predicted molar refractivity (Wildman–Crippen MR) is 94.9 cm³/mol. The van der Waals surface area contributed by atoms with E-state index in [0.717, 1.165) is 12.8 Å². The van der Waals surface area contributed by atoms with E-state index in [9.17, 15) is 18.0 Å². The van der Waals surface area contributed by atoms with Crippen LogP contribution in [-0.4, -0.2) is 22.9 Å². The number of amides is 1. The zero-order valence-electron chi connectivity index (χ0n) is 14.5. The maximum absolute atomic E-state index is 12.1. The highest BCUT2D eigenvalue weighted by Crippen LogP contribution is 2.49. The number of hydrogen-bond donors (Lipinski definition) is 1. The number of hydrogen-bond acceptors (Lipinski definition) is 2. The molecule has 0 saturated heterocycles. The topological polar surface area (TPSA) is 29.1 Å². The van der Waals surface area contributed by atoms with Gasteiger partial charge < -0.3 is 5.32 Å². The first kappa shape index (κ1) is 21.1. The van der Waals surface area contributed by atoms with Crippen molar-refractivity contribution in [2.75, 3.05) is 0 Å². The molecular formula is C18H28F3NOS. The summed E-state index contributed by atoms with van der Waals surface area (Å²) in [5, 5.41) is 5.29. The second-order valence-electron chi connectivity index (χ2n) is 6.34. The first-order chi connectivity index (χ1) is 11.2. The molecule has 2 nitrogen and oxygen atoms in total. The normalized spacial score (nSPS) is 20.2. The van der Waals surface area contributed by atoms with Gasteiger partial charge in [0.05, 0.1) is 4.75 Å². The zero-order valence-corrected chi connectivity index (χ0v) is 15.4. The minimum atomic E-state index is -4.19. The van der Waals surface area contributed by atoms with E-state index >= 15 is 0 Å². The highest BCUT2D eigenvalue weighted by atomic mass is 32.2. The first-order valence-corrected chi connectivity index (χ1v) is 9.48. The summed E-state index contributed by atoms with van der Waals surface area (Å²) in [6.45, 7) is 6.25. The maximum Gasteiger partial charge on any atom is 0.412 e. The van der Waals surface area contributed by atoms with Gasteiger partial charge in [0.2, 0.25) is 5.91 Å². The van der Waals surface area contributed by atoms with Gasteiger partial charge in [-0.2, -0.15) is 13.2 Å². The van der Waals surface area contributed by atoms with E-state index in [1.54, 1.807) is 11.8 Å². The molecule has 0 aromatic carbocycles. The van der Waals surface area contributed by atoms with Gasteiger partial charge in [-0.1, -0.05) is 38.8 Å². The van der Waals surface area contributed by atoms with Gasteiger partial charge in [-0.05, 0) is 44.4 Å². The van der Waals surface area contributed by atoms with Gasteiger partial charge in [0.25, 0.3) is 0 Å². The molecule has 0 heterocycles. The van der Waals surface area contributed by atoms with Crippen molar-refractivity contribution in [2.45, 2.75) is 82.2 Å². The second kappa shape index (κ2) is 9.54. The summed E-state index contributed by atoms with van der Waals surface area (Å²) in [6.07, 6.45) is 6.13. The Morgan fingerprint density at radius 1 is 1.29 bits per heavy atom. The van der Waals surface area contributed by atoms with Gasteiger partial charge in [0.15, 0.2) is 0 Å². The molecular weight excluding hydrogens is 335 g/mol. The predicted octanol–water partition coefficient (Wildman–Crippen LogP) is 5.75. The van der Waals surface area contributed by atoms with E-state index in [0.29, 0.717) is 6.04 Å². The molecule has 2 aliphatic rings. The van der Waals surface area contributed by atoms with Crippen LogP contribution in [0.5, 0.6) is 0 Å². The molecule has 0 spiro atoms. The van der Waals surface area contributed by atoms with E-state index in [2.05, 4.69) is 11.9 Å². The van der Waals surface area contributed by atoms with Crippen molar-refractivity contribution in [3.63, 3.8) is 0 Å². The van der Waals surface area contributed by atoms with Crippen LogP contribution in [-0.2, 0) is 4.79 Å². The summed E-state index contributed by atoms with van der Waals surface area (Å²) in [6, 6.07) is 0.449. The smallest absolute Gasteiger partial charge is 0.352 e. The van der Waals surface area contributed by atoms with Crippen molar-refractivity contribution >= 4 is 17.7 Å². The molecule has 0 aliphatic heterocycles. The highest BCUT2D eigenvalue weighted by Gasteiger charge is 2.50. The van der Waals surface area contributed by atoms with Gasteiger partial charge in [-0.15, -0.1) is 11.8 Å². The largest absolute Gasteiger partial charge is 0.412 e. The molecule has 1 amide bonds. The monoisotopic (exact) mass is 363 g/mol. The summed E-state index contributed by atoms with van der Waals surface area (Å²) in [5.74, 6) is 0.280. The molecule has 2 aliphatic carbocycles. The summed E-state index contributed by atoms with van der Waals surface area (Å²) >= 11 is 1.69. The molecule has 138 valence electrons. The molecule has 2 rings (SSSR count). The third kappa shape index (κ3) is 6.91. The van der Waals surface area contributed by atoms with Crippen molar-refractivity contribution in [2.24, 2.45) is 0 Å². The number of carbonyl (C=O) groups excluding carboxylic acids is 1. The number of rotatable bonds is 5. The Kier molecular flexibility index (Phi) is 8.40. The lowest BCUT2D eigenvalue weighted by Crippen LogP contribution is -2.42. The number of nitrogens with one attached hydrogen (secondary N) is 1. The van der Waals surface area contributed by atoms with E-state index in [1.807, 2.05) is 18.4 Å². The number of thioether (sulfide) groups is 1. The fraction of sp³-hybridized carbons (Fsp3) is 0.722. The lowest BCUT2D eigenvalue weighted by molar-refractivity contribution is -0.122. The van der Waals surface area contributed by atoms with Gasteiger partial charge >= 0.3 is 6.18 Å². The minimum Gasteiger partial charge on any atom is -0.352 e. The molecule has 0 radical (unpaired) electrons. The van der Waals surface area contributed by atoms with Gasteiger partial charge in [-0.3, -0.25) is 4.79 Å². The van der Waals surface area contributed by atoms with Crippen molar-refractivity contribution in [1.29, 1.82) is 0 Å². The van der Waals surface area contributed by atoms with Crippen LogP contribution in [0, 0.1) is 0 Å². The van der Waals surface area contributed by atoms with Crippen LogP contribution < -0.4 is 5.32 Å². The Morgan fingerprint density at radius 2 is 1.88 bits per heavy atom. The molecule has 2 fully saturated rings. The molecule has 1 N–H and O–H groups in total. The Hall–Kier alpha value is -0.910. The molecule has 0 aromatic rings. The number of halogens is 3. The van der Waals surface area contributed by atoms with Crippen LogP contribution in [0.1, 0.15) is 65.2 Å².